The molecule has 2 nitrogen and oxygen atoms in total. The Morgan fingerprint density at radius 3 is 2.62 bits per heavy atom. The summed E-state index contributed by atoms with van der Waals surface area (Å²) in [6.07, 6.45) is 3.05. The molecular formula is C13H18FNO. The number of nitrogens with one attached hydrogen (secondary N) is 1. The van der Waals surface area contributed by atoms with E-state index in [0.717, 1.165) is 19.3 Å². The van der Waals surface area contributed by atoms with Gasteiger partial charge in [0.15, 0.2) is 0 Å². The summed E-state index contributed by atoms with van der Waals surface area (Å²) in [5.41, 5.74) is 0.146. The zero-order valence-electron chi connectivity index (χ0n) is 9.54. The largest absolute Gasteiger partial charge is 0.394 e. The van der Waals surface area contributed by atoms with Crippen molar-refractivity contribution in [2.24, 2.45) is 5.92 Å². The van der Waals surface area contributed by atoms with Crippen molar-refractivity contribution >= 4 is 5.69 Å². The third kappa shape index (κ3) is 2.05. The molecule has 0 heterocycles. The van der Waals surface area contributed by atoms with Crippen molar-refractivity contribution in [2.45, 2.75) is 31.7 Å². The molecule has 1 fully saturated rings. The predicted octanol–water partition coefficient (Wildman–Crippen LogP) is 2.79. The molecule has 0 radical (unpaired) electrons. The van der Waals surface area contributed by atoms with Gasteiger partial charge in [0, 0.05) is 0 Å². The Labute approximate surface area is 95.5 Å². The number of anilines is 1. The Morgan fingerprint density at radius 2 is 2.12 bits per heavy atom. The number of rotatable bonds is 5. The molecule has 1 aliphatic rings. The molecule has 0 bridgehead atoms. The van der Waals surface area contributed by atoms with E-state index in [1.807, 2.05) is 6.92 Å². The molecular weight excluding hydrogens is 205 g/mol. The predicted molar refractivity (Wildman–Crippen MR) is 62.9 cm³/mol. The maximum Gasteiger partial charge on any atom is 0.146 e. The van der Waals surface area contributed by atoms with Crippen LogP contribution in [-0.2, 0) is 0 Å². The number of hydrogen-bond donors (Lipinski definition) is 2. The van der Waals surface area contributed by atoms with Gasteiger partial charge in [-0.15, -0.1) is 0 Å². The maximum absolute atomic E-state index is 13.5. The van der Waals surface area contributed by atoms with E-state index in [2.05, 4.69) is 5.32 Å². The molecule has 1 atom stereocenters. The van der Waals surface area contributed by atoms with Gasteiger partial charge in [0.1, 0.15) is 5.82 Å². The highest BCUT2D eigenvalue weighted by atomic mass is 19.1. The molecule has 3 heteroatoms. The second-order valence-electron chi connectivity index (χ2n) is 4.55. The summed E-state index contributed by atoms with van der Waals surface area (Å²) in [4.78, 5) is 0. The maximum atomic E-state index is 13.5. The normalized spacial score (nSPS) is 19.2. The lowest BCUT2D eigenvalue weighted by Crippen LogP contribution is -2.44. The molecule has 1 unspecified atom stereocenters. The highest BCUT2D eigenvalue weighted by Gasteiger charge is 2.43. The first-order chi connectivity index (χ1) is 7.72. The van der Waals surface area contributed by atoms with Gasteiger partial charge in [-0.2, -0.15) is 0 Å². The van der Waals surface area contributed by atoms with E-state index in [9.17, 15) is 9.50 Å². The summed E-state index contributed by atoms with van der Waals surface area (Å²) in [7, 11) is 0. The fraction of sp³-hybridized carbons (Fsp3) is 0.538. The fourth-order valence-electron chi connectivity index (χ4n) is 2.23. The molecule has 0 aromatic heterocycles. The molecule has 0 saturated heterocycles. The average Bonchev–Trinajstić information content (AvgIpc) is 3.13. The lowest BCUT2D eigenvalue weighted by Gasteiger charge is -2.33. The first kappa shape index (κ1) is 11.4. The summed E-state index contributed by atoms with van der Waals surface area (Å²) in [6.45, 7) is 2.09. The fourth-order valence-corrected chi connectivity index (χ4v) is 2.23. The first-order valence-corrected chi connectivity index (χ1v) is 5.85. The number of benzene rings is 1. The van der Waals surface area contributed by atoms with Gasteiger partial charge in [-0.25, -0.2) is 4.39 Å². The van der Waals surface area contributed by atoms with E-state index in [4.69, 9.17) is 0 Å². The third-order valence-electron chi connectivity index (χ3n) is 3.53. The van der Waals surface area contributed by atoms with Crippen LogP contribution in [-0.4, -0.2) is 17.3 Å². The summed E-state index contributed by atoms with van der Waals surface area (Å²) < 4.78 is 13.5. The molecule has 2 rings (SSSR count). The zero-order chi connectivity index (χ0) is 11.6. The van der Waals surface area contributed by atoms with Gasteiger partial charge in [-0.3, -0.25) is 0 Å². The van der Waals surface area contributed by atoms with Crippen molar-refractivity contribution in [3.63, 3.8) is 0 Å². The SMILES string of the molecule is CCC(CO)(Nc1ccccc1F)C1CC1. The monoisotopic (exact) mass is 223 g/mol. The van der Waals surface area contributed by atoms with Crippen LogP contribution in [0.3, 0.4) is 0 Å². The van der Waals surface area contributed by atoms with Crippen molar-refractivity contribution in [1.82, 2.24) is 0 Å². The Hall–Kier alpha value is -1.09. The van der Waals surface area contributed by atoms with Gasteiger partial charge in [-0.05, 0) is 37.3 Å². The van der Waals surface area contributed by atoms with Crippen LogP contribution in [0.1, 0.15) is 26.2 Å². The van der Waals surface area contributed by atoms with E-state index in [1.54, 1.807) is 18.2 Å². The first-order valence-electron chi connectivity index (χ1n) is 5.85. The Balaban J connectivity index is 2.20. The molecule has 0 spiro atoms. The standard InChI is InChI=1S/C13H18FNO/c1-2-13(9-16,10-7-8-10)15-12-6-4-3-5-11(12)14/h3-6,10,15-16H,2,7-9H2,1H3. The van der Waals surface area contributed by atoms with E-state index >= 15 is 0 Å². The quantitative estimate of drug-likeness (QED) is 0.804. The van der Waals surface area contributed by atoms with Crippen LogP contribution in [0.15, 0.2) is 24.3 Å². The van der Waals surface area contributed by atoms with Crippen molar-refractivity contribution in [3.05, 3.63) is 30.1 Å². The van der Waals surface area contributed by atoms with E-state index in [-0.39, 0.29) is 18.0 Å². The number of hydrogen-bond acceptors (Lipinski definition) is 2. The summed E-state index contributed by atoms with van der Waals surface area (Å²) in [6, 6.07) is 6.63. The van der Waals surface area contributed by atoms with E-state index in [1.165, 1.54) is 6.07 Å². The van der Waals surface area contributed by atoms with Crippen molar-refractivity contribution in [2.75, 3.05) is 11.9 Å². The van der Waals surface area contributed by atoms with Crippen molar-refractivity contribution in [1.29, 1.82) is 0 Å². The lowest BCUT2D eigenvalue weighted by molar-refractivity contribution is 0.188. The third-order valence-corrected chi connectivity index (χ3v) is 3.53. The second-order valence-corrected chi connectivity index (χ2v) is 4.55. The van der Waals surface area contributed by atoms with Crippen molar-refractivity contribution < 1.29 is 9.50 Å². The lowest BCUT2D eigenvalue weighted by atomic mass is 9.90. The van der Waals surface area contributed by atoms with Gasteiger partial charge in [0.25, 0.3) is 0 Å². The van der Waals surface area contributed by atoms with Gasteiger partial charge in [0.2, 0.25) is 0 Å². The zero-order valence-corrected chi connectivity index (χ0v) is 9.54. The van der Waals surface area contributed by atoms with Crippen LogP contribution in [0.4, 0.5) is 10.1 Å². The second kappa shape index (κ2) is 4.42. The van der Waals surface area contributed by atoms with Crippen LogP contribution in [0.5, 0.6) is 0 Å². The molecule has 2 N–H and O–H groups in total. The van der Waals surface area contributed by atoms with Gasteiger partial charge < -0.3 is 10.4 Å². The number of para-hydroxylation sites is 1. The topological polar surface area (TPSA) is 32.3 Å². The summed E-state index contributed by atoms with van der Waals surface area (Å²) >= 11 is 0. The highest BCUT2D eigenvalue weighted by molar-refractivity contribution is 5.47. The molecule has 88 valence electrons. The number of halogens is 1. The molecule has 0 aliphatic heterocycles. The summed E-state index contributed by atoms with van der Waals surface area (Å²) in [5.74, 6) is 0.219. The molecule has 0 amide bonds. The molecule has 1 saturated carbocycles. The Bertz CT molecular complexity index is 359. The number of aliphatic hydroxyl groups is 1. The summed E-state index contributed by atoms with van der Waals surface area (Å²) in [5, 5.41) is 12.8. The van der Waals surface area contributed by atoms with E-state index in [0.29, 0.717) is 11.6 Å². The van der Waals surface area contributed by atoms with Crippen LogP contribution < -0.4 is 5.32 Å². The Morgan fingerprint density at radius 1 is 1.44 bits per heavy atom. The highest BCUT2D eigenvalue weighted by Crippen LogP contribution is 2.43. The van der Waals surface area contributed by atoms with Crippen LogP contribution >= 0.6 is 0 Å². The minimum Gasteiger partial charge on any atom is -0.394 e. The van der Waals surface area contributed by atoms with Gasteiger partial charge >= 0.3 is 0 Å². The van der Waals surface area contributed by atoms with Crippen LogP contribution in [0, 0.1) is 11.7 Å². The average molecular weight is 223 g/mol. The molecule has 1 aliphatic carbocycles. The van der Waals surface area contributed by atoms with E-state index < -0.39 is 0 Å². The van der Waals surface area contributed by atoms with Crippen LogP contribution in [0.25, 0.3) is 0 Å². The van der Waals surface area contributed by atoms with Crippen molar-refractivity contribution in [3.8, 4) is 0 Å². The molecule has 16 heavy (non-hydrogen) atoms. The molecule has 1 aromatic rings. The minimum atomic E-state index is -0.345. The number of aliphatic hydroxyl groups excluding tert-OH is 1. The Kier molecular flexibility index (Phi) is 3.15. The minimum absolute atomic E-state index is 0.0580. The molecule has 1 aromatic carbocycles. The van der Waals surface area contributed by atoms with Gasteiger partial charge in [0.05, 0.1) is 17.8 Å². The van der Waals surface area contributed by atoms with Gasteiger partial charge in [-0.1, -0.05) is 19.1 Å². The smallest absolute Gasteiger partial charge is 0.146 e. The van der Waals surface area contributed by atoms with Crippen LogP contribution in [0.2, 0.25) is 0 Å².